The molecule has 0 radical (unpaired) electrons. The van der Waals surface area contributed by atoms with Gasteiger partial charge in [0.15, 0.2) is 11.6 Å². The van der Waals surface area contributed by atoms with Crippen LogP contribution in [0.25, 0.3) is 12.2 Å². The Morgan fingerprint density at radius 2 is 1.04 bits per heavy atom. The zero-order chi connectivity index (χ0) is 16.7. The molecular weight excluding hydrogens is 358 g/mol. The molecule has 0 saturated carbocycles. The maximum Gasteiger partial charge on any atom is 2.00 e. The van der Waals surface area contributed by atoms with Gasteiger partial charge in [0.05, 0.1) is 6.42 Å². The molecular formula is C19H14O4Zn. The minimum atomic E-state index is -0.319. The molecule has 2 aromatic carbocycles. The molecule has 24 heavy (non-hydrogen) atoms. The molecule has 0 saturated heterocycles. The van der Waals surface area contributed by atoms with Gasteiger partial charge in [-0.25, -0.2) is 0 Å². The topological polar surface area (TPSA) is 80.3 Å². The molecule has 0 atom stereocenters. The summed E-state index contributed by atoms with van der Waals surface area (Å²) in [6.07, 6.45) is 5.53. The summed E-state index contributed by atoms with van der Waals surface area (Å²) in [7, 11) is 0. The van der Waals surface area contributed by atoms with Crippen LogP contribution in [-0.2, 0) is 29.1 Å². The first-order valence-electron chi connectivity index (χ1n) is 6.99. The number of rotatable bonds is 6. The van der Waals surface area contributed by atoms with E-state index in [-0.39, 0.29) is 49.0 Å². The zero-order valence-corrected chi connectivity index (χ0v) is 15.9. The SMILES string of the molecule is O=C(/C=C/c1ccc([O-])cc1)CC(=O)/C=C/c1ccc([O-])cc1.[Zn+2]. The summed E-state index contributed by atoms with van der Waals surface area (Å²) in [4.78, 5) is 23.4. The van der Waals surface area contributed by atoms with Gasteiger partial charge in [-0.3, -0.25) is 9.59 Å². The monoisotopic (exact) mass is 370 g/mol. The Morgan fingerprint density at radius 3 is 1.38 bits per heavy atom. The normalized spacial score (nSPS) is 10.7. The fourth-order valence-electron chi connectivity index (χ4n) is 1.83. The van der Waals surface area contributed by atoms with E-state index >= 15 is 0 Å². The van der Waals surface area contributed by atoms with Crippen molar-refractivity contribution in [3.05, 3.63) is 71.8 Å². The molecule has 0 aromatic heterocycles. The van der Waals surface area contributed by atoms with Crippen molar-refractivity contribution in [2.45, 2.75) is 6.42 Å². The van der Waals surface area contributed by atoms with E-state index in [1.54, 1.807) is 36.4 Å². The zero-order valence-electron chi connectivity index (χ0n) is 13.0. The third-order valence-corrected chi connectivity index (χ3v) is 3.03. The summed E-state index contributed by atoms with van der Waals surface area (Å²) in [6.45, 7) is 0. The predicted octanol–water partition coefficient (Wildman–Crippen LogP) is 2.09. The first-order chi connectivity index (χ1) is 11.0. The molecule has 0 aliphatic carbocycles. The molecule has 0 aliphatic rings. The van der Waals surface area contributed by atoms with E-state index in [0.717, 1.165) is 11.1 Å². The number of hydrogen-bond acceptors (Lipinski definition) is 4. The van der Waals surface area contributed by atoms with Crippen LogP contribution in [0.3, 0.4) is 0 Å². The third kappa shape index (κ3) is 6.72. The molecule has 116 valence electrons. The van der Waals surface area contributed by atoms with Crippen LogP contribution < -0.4 is 10.2 Å². The van der Waals surface area contributed by atoms with Crippen LogP contribution in [0.2, 0.25) is 0 Å². The van der Waals surface area contributed by atoms with E-state index in [1.165, 1.54) is 36.4 Å². The number of allylic oxidation sites excluding steroid dienone is 2. The van der Waals surface area contributed by atoms with Crippen molar-refractivity contribution in [2.75, 3.05) is 0 Å². The molecule has 5 heteroatoms. The molecule has 0 heterocycles. The van der Waals surface area contributed by atoms with Gasteiger partial charge in [0, 0.05) is 0 Å². The number of ketones is 2. The van der Waals surface area contributed by atoms with Crippen LogP contribution in [-0.4, -0.2) is 11.6 Å². The van der Waals surface area contributed by atoms with Crippen molar-refractivity contribution in [1.82, 2.24) is 0 Å². The predicted molar refractivity (Wildman–Crippen MR) is 84.5 cm³/mol. The molecule has 0 fully saturated rings. The molecule has 2 rings (SSSR count). The summed E-state index contributed by atoms with van der Waals surface area (Å²) in [5.41, 5.74) is 1.44. The molecule has 0 unspecified atom stereocenters. The maximum absolute atomic E-state index is 11.7. The second kappa shape index (κ2) is 9.58. The first kappa shape index (κ1) is 19.5. The van der Waals surface area contributed by atoms with Crippen LogP contribution in [0.5, 0.6) is 11.5 Å². The van der Waals surface area contributed by atoms with Gasteiger partial charge in [-0.2, -0.15) is 0 Å². The Labute approximate surface area is 152 Å². The van der Waals surface area contributed by atoms with Gasteiger partial charge >= 0.3 is 19.5 Å². The molecule has 2 aromatic rings. The van der Waals surface area contributed by atoms with Crippen molar-refractivity contribution in [3.63, 3.8) is 0 Å². The average molecular weight is 372 g/mol. The van der Waals surface area contributed by atoms with Crippen LogP contribution in [0.1, 0.15) is 17.5 Å². The minimum absolute atomic E-state index is 0. The summed E-state index contributed by atoms with van der Waals surface area (Å²) < 4.78 is 0. The number of carbonyl (C=O) groups is 2. The fourth-order valence-corrected chi connectivity index (χ4v) is 1.83. The smallest absolute Gasteiger partial charge is 0.872 e. The summed E-state index contributed by atoms with van der Waals surface area (Å²) in [5, 5.41) is 21.9. The van der Waals surface area contributed by atoms with Gasteiger partial charge in [0.1, 0.15) is 0 Å². The van der Waals surface area contributed by atoms with E-state index in [2.05, 4.69) is 0 Å². The van der Waals surface area contributed by atoms with Crippen molar-refractivity contribution in [1.29, 1.82) is 0 Å². The molecule has 0 bridgehead atoms. The number of benzene rings is 2. The molecule has 0 aliphatic heterocycles. The van der Waals surface area contributed by atoms with E-state index in [1.807, 2.05) is 0 Å². The van der Waals surface area contributed by atoms with Gasteiger partial charge in [0.25, 0.3) is 0 Å². The van der Waals surface area contributed by atoms with Crippen molar-refractivity contribution >= 4 is 23.7 Å². The van der Waals surface area contributed by atoms with Crippen LogP contribution in [0, 0.1) is 0 Å². The number of carbonyl (C=O) groups excluding carboxylic acids is 2. The van der Waals surface area contributed by atoms with Crippen LogP contribution >= 0.6 is 0 Å². The summed E-state index contributed by atoms with van der Waals surface area (Å²) >= 11 is 0. The third-order valence-electron chi connectivity index (χ3n) is 3.03. The van der Waals surface area contributed by atoms with Crippen LogP contribution in [0.4, 0.5) is 0 Å². The Balaban J connectivity index is 0.00000288. The largest absolute Gasteiger partial charge is 2.00 e. The van der Waals surface area contributed by atoms with E-state index in [4.69, 9.17) is 0 Å². The van der Waals surface area contributed by atoms with Gasteiger partial charge in [-0.1, -0.05) is 60.7 Å². The van der Waals surface area contributed by atoms with Gasteiger partial charge in [0.2, 0.25) is 0 Å². The van der Waals surface area contributed by atoms with E-state index in [9.17, 15) is 19.8 Å². The molecule has 0 amide bonds. The summed E-state index contributed by atoms with van der Waals surface area (Å²) in [6, 6.07) is 12.1. The average Bonchev–Trinajstić information content (AvgIpc) is 2.54. The Bertz CT molecular complexity index is 678. The second-order valence-corrected chi connectivity index (χ2v) is 4.91. The second-order valence-electron chi connectivity index (χ2n) is 4.91. The Kier molecular flexibility index (Phi) is 7.80. The molecule has 0 spiro atoms. The Morgan fingerprint density at radius 1 is 0.708 bits per heavy atom. The minimum Gasteiger partial charge on any atom is -0.872 e. The maximum atomic E-state index is 11.7. The molecule has 4 nitrogen and oxygen atoms in total. The van der Waals surface area contributed by atoms with E-state index in [0.29, 0.717) is 0 Å². The first-order valence-corrected chi connectivity index (χ1v) is 6.99. The Hall–Kier alpha value is -2.52. The quantitative estimate of drug-likeness (QED) is 0.442. The van der Waals surface area contributed by atoms with Crippen molar-refractivity contribution in [2.24, 2.45) is 0 Å². The number of hydrogen-bond donors (Lipinski definition) is 0. The standard InChI is InChI=1S/C19H16O4.Zn/c20-16-7-1-14(2-8-16)5-11-18(22)13-19(23)12-6-15-3-9-17(21)10-4-15;/h1-12,20-21H,13H2;/q;+2/p-2/b11-5+,12-6+;. The van der Waals surface area contributed by atoms with Crippen molar-refractivity contribution < 1.29 is 39.3 Å². The fraction of sp³-hybridized carbons (Fsp3) is 0.0526. The van der Waals surface area contributed by atoms with Gasteiger partial charge < -0.3 is 10.2 Å². The molecule has 0 N–H and O–H groups in total. The van der Waals surface area contributed by atoms with Gasteiger partial charge in [-0.05, 0) is 23.3 Å². The van der Waals surface area contributed by atoms with Crippen molar-refractivity contribution in [3.8, 4) is 11.5 Å². The van der Waals surface area contributed by atoms with Gasteiger partial charge in [-0.15, -0.1) is 11.5 Å². The summed E-state index contributed by atoms with van der Waals surface area (Å²) in [5.74, 6) is -0.834. The van der Waals surface area contributed by atoms with E-state index < -0.39 is 0 Å². The van der Waals surface area contributed by atoms with Crippen LogP contribution in [0.15, 0.2) is 60.7 Å².